The molecule has 4 rings (SSSR count). The summed E-state index contributed by atoms with van der Waals surface area (Å²) in [6, 6.07) is 0. The maximum atomic E-state index is 13.3. The van der Waals surface area contributed by atoms with Crippen LogP contribution in [0.1, 0.15) is 58.8 Å². The number of nitrogens with one attached hydrogen (secondary N) is 1. The van der Waals surface area contributed by atoms with E-state index >= 15 is 0 Å². The van der Waals surface area contributed by atoms with Gasteiger partial charge in [-0.1, -0.05) is 25.5 Å². The lowest BCUT2D eigenvalue weighted by Gasteiger charge is -2.59. The molecule has 3 fully saturated rings. The summed E-state index contributed by atoms with van der Waals surface area (Å²) >= 11 is 0. The Morgan fingerprint density at radius 2 is 2.00 bits per heavy atom. The fourth-order valence-electron chi connectivity index (χ4n) is 7.74. The van der Waals surface area contributed by atoms with Gasteiger partial charge in [-0.05, 0) is 62.5 Å². The van der Waals surface area contributed by atoms with Crippen LogP contribution >= 0.6 is 0 Å². The first kappa shape index (κ1) is 28.9. The van der Waals surface area contributed by atoms with Crippen LogP contribution in [-0.2, 0) is 28.8 Å². The van der Waals surface area contributed by atoms with Gasteiger partial charge in [0, 0.05) is 23.2 Å². The number of allylic oxidation sites excluding steroid dienone is 4. The van der Waals surface area contributed by atoms with Crippen LogP contribution < -0.4 is 5.32 Å². The zero-order valence-electron chi connectivity index (χ0n) is 22.2. The SMILES string of the molecule is C[C@]12C=CC(=O)C=C1CC[C@@H]1[C@@H]2[C@@H](O)C[C@@]2(C)[C@H]1CC[C@]2(O)C(=O)COC(=O)CNC(=O)CCCO[N+](=O)[O-]. The first-order valence-electron chi connectivity index (χ1n) is 13.4. The lowest BCUT2D eigenvalue weighted by atomic mass is 9.46. The Morgan fingerprint density at radius 1 is 1.26 bits per heavy atom. The summed E-state index contributed by atoms with van der Waals surface area (Å²) in [5.41, 5.74) is -2.13. The number of ether oxygens (including phenoxy) is 1. The smallest absolute Gasteiger partial charge is 0.325 e. The number of aliphatic hydroxyl groups is 2. The summed E-state index contributed by atoms with van der Waals surface area (Å²) in [6.45, 7) is 2.48. The highest BCUT2D eigenvalue weighted by Crippen LogP contribution is 2.67. The Morgan fingerprint density at radius 3 is 2.72 bits per heavy atom. The van der Waals surface area contributed by atoms with Crippen molar-refractivity contribution in [1.82, 2.24) is 5.32 Å². The summed E-state index contributed by atoms with van der Waals surface area (Å²) in [4.78, 5) is 63.3. The average molecular weight is 549 g/mol. The van der Waals surface area contributed by atoms with Crippen molar-refractivity contribution in [2.45, 2.75) is 70.5 Å². The molecule has 12 heteroatoms. The second kappa shape index (κ2) is 10.8. The fourth-order valence-corrected chi connectivity index (χ4v) is 7.74. The van der Waals surface area contributed by atoms with E-state index in [1.807, 2.05) is 13.0 Å². The van der Waals surface area contributed by atoms with E-state index in [0.717, 1.165) is 12.0 Å². The lowest BCUT2D eigenvalue weighted by Crippen LogP contribution is -2.61. The summed E-state index contributed by atoms with van der Waals surface area (Å²) in [7, 11) is 0. The highest BCUT2D eigenvalue weighted by atomic mass is 16.9. The quantitative estimate of drug-likeness (QED) is 0.155. The molecule has 0 saturated heterocycles. The minimum atomic E-state index is -1.78. The van der Waals surface area contributed by atoms with Crippen molar-refractivity contribution in [3.8, 4) is 0 Å². The van der Waals surface area contributed by atoms with Crippen LogP contribution in [-0.4, -0.2) is 70.2 Å². The van der Waals surface area contributed by atoms with Crippen molar-refractivity contribution >= 4 is 23.4 Å². The number of esters is 1. The molecule has 4 aliphatic carbocycles. The number of amides is 1. The monoisotopic (exact) mass is 548 g/mol. The van der Waals surface area contributed by atoms with Crippen molar-refractivity contribution in [3.05, 3.63) is 33.9 Å². The van der Waals surface area contributed by atoms with E-state index in [4.69, 9.17) is 4.74 Å². The molecule has 0 heterocycles. The average Bonchev–Trinajstić information content (AvgIpc) is 3.14. The van der Waals surface area contributed by atoms with Gasteiger partial charge in [0.05, 0.1) is 12.7 Å². The number of ketones is 2. The molecule has 4 aliphatic rings. The van der Waals surface area contributed by atoms with Crippen LogP contribution in [0, 0.1) is 38.7 Å². The molecule has 0 aromatic carbocycles. The molecule has 7 atom stereocenters. The number of hydrogen-bond donors (Lipinski definition) is 3. The van der Waals surface area contributed by atoms with Crippen molar-refractivity contribution in [1.29, 1.82) is 0 Å². The molecule has 0 aromatic heterocycles. The third-order valence-corrected chi connectivity index (χ3v) is 9.65. The standard InChI is InChI=1S/C27H36N2O10/c1-25-9-7-17(30)12-16(25)5-6-18-19-8-10-27(35,26(19,2)13-20(31)24(18)25)21(32)15-38-23(34)14-28-22(33)4-3-11-39-29(36)37/h7,9,12,18-20,24,31,35H,3-6,8,10-11,13-15H2,1-2H3,(H,28,33)/t18-,19-,20-,24+,25-,26-,27-/m0/s1. The number of fused-ring (bicyclic) bond motifs is 5. The van der Waals surface area contributed by atoms with Gasteiger partial charge in [-0.15, -0.1) is 10.1 Å². The van der Waals surface area contributed by atoms with E-state index < -0.39 is 58.4 Å². The number of carbonyl (C=O) groups excluding carboxylic acids is 4. The van der Waals surface area contributed by atoms with Gasteiger partial charge in [0.25, 0.3) is 5.09 Å². The second-order valence-electron chi connectivity index (χ2n) is 11.6. The molecular weight excluding hydrogens is 512 g/mol. The molecule has 1 amide bonds. The number of aliphatic hydroxyl groups excluding tert-OH is 1. The van der Waals surface area contributed by atoms with Gasteiger partial charge in [0.1, 0.15) is 12.1 Å². The maximum absolute atomic E-state index is 13.3. The Hall–Kier alpha value is -3.12. The Labute approximate surface area is 225 Å². The minimum absolute atomic E-state index is 0.0291. The zero-order chi connectivity index (χ0) is 28.6. The van der Waals surface area contributed by atoms with Gasteiger partial charge in [-0.2, -0.15) is 0 Å². The van der Waals surface area contributed by atoms with E-state index in [0.29, 0.717) is 12.8 Å². The van der Waals surface area contributed by atoms with E-state index in [-0.39, 0.29) is 55.8 Å². The van der Waals surface area contributed by atoms with E-state index in [1.54, 1.807) is 12.2 Å². The summed E-state index contributed by atoms with van der Waals surface area (Å²) in [5.74, 6) is -2.19. The van der Waals surface area contributed by atoms with Gasteiger partial charge in [-0.25, -0.2) is 0 Å². The largest absolute Gasteiger partial charge is 0.456 e. The highest BCUT2D eigenvalue weighted by molar-refractivity contribution is 6.01. The second-order valence-corrected chi connectivity index (χ2v) is 11.6. The van der Waals surface area contributed by atoms with Crippen molar-refractivity contribution in [3.63, 3.8) is 0 Å². The summed E-state index contributed by atoms with van der Waals surface area (Å²) in [6.07, 6.45) is 6.79. The fraction of sp³-hybridized carbons (Fsp3) is 0.704. The summed E-state index contributed by atoms with van der Waals surface area (Å²) < 4.78 is 5.06. The molecule has 0 bridgehead atoms. The normalized spacial score (nSPS) is 36.6. The Balaban J connectivity index is 1.35. The number of Topliss-reactive ketones (excluding diaryl/α,β-unsaturated/α-hetero) is 1. The Bertz CT molecular complexity index is 1120. The van der Waals surface area contributed by atoms with Gasteiger partial charge in [0.2, 0.25) is 11.7 Å². The van der Waals surface area contributed by atoms with Crippen molar-refractivity contribution in [2.24, 2.45) is 28.6 Å². The third kappa shape index (κ3) is 5.23. The molecule has 39 heavy (non-hydrogen) atoms. The molecule has 0 aliphatic heterocycles. The van der Waals surface area contributed by atoms with Crippen LogP contribution in [0.25, 0.3) is 0 Å². The van der Waals surface area contributed by atoms with Gasteiger partial charge < -0.3 is 25.1 Å². The van der Waals surface area contributed by atoms with Crippen LogP contribution in [0.15, 0.2) is 23.8 Å². The predicted octanol–water partition coefficient (Wildman–Crippen LogP) is 1.21. The first-order chi connectivity index (χ1) is 18.3. The highest BCUT2D eigenvalue weighted by Gasteiger charge is 2.68. The van der Waals surface area contributed by atoms with E-state index in [2.05, 4.69) is 17.1 Å². The van der Waals surface area contributed by atoms with Crippen molar-refractivity contribution < 1.29 is 44.1 Å². The van der Waals surface area contributed by atoms with Crippen molar-refractivity contribution in [2.75, 3.05) is 19.8 Å². The van der Waals surface area contributed by atoms with Crippen LogP contribution in [0.4, 0.5) is 0 Å². The topological polar surface area (TPSA) is 182 Å². The number of hydrogen-bond acceptors (Lipinski definition) is 10. The van der Waals surface area contributed by atoms with Gasteiger partial charge >= 0.3 is 5.97 Å². The lowest BCUT2D eigenvalue weighted by molar-refractivity contribution is -0.757. The van der Waals surface area contributed by atoms with Gasteiger partial charge in [-0.3, -0.25) is 19.2 Å². The zero-order valence-corrected chi connectivity index (χ0v) is 22.2. The van der Waals surface area contributed by atoms with E-state index in [9.17, 15) is 39.5 Å². The van der Waals surface area contributed by atoms with Crippen LogP contribution in [0.2, 0.25) is 0 Å². The molecular formula is C27H36N2O10. The number of nitrogens with zero attached hydrogens (tertiary/aromatic N) is 1. The molecule has 0 radical (unpaired) electrons. The maximum Gasteiger partial charge on any atom is 0.325 e. The predicted molar refractivity (Wildman–Crippen MR) is 134 cm³/mol. The third-order valence-electron chi connectivity index (χ3n) is 9.65. The van der Waals surface area contributed by atoms with Crippen LogP contribution in [0.5, 0.6) is 0 Å². The number of carbonyl (C=O) groups is 4. The molecule has 12 nitrogen and oxygen atoms in total. The molecule has 214 valence electrons. The molecule has 3 N–H and O–H groups in total. The molecule has 3 saturated carbocycles. The van der Waals surface area contributed by atoms with Crippen LogP contribution in [0.3, 0.4) is 0 Å². The molecule has 0 unspecified atom stereocenters. The van der Waals surface area contributed by atoms with E-state index in [1.165, 1.54) is 0 Å². The molecule has 0 aromatic rings. The number of rotatable bonds is 10. The molecule has 0 spiro atoms. The first-order valence-corrected chi connectivity index (χ1v) is 13.4. The minimum Gasteiger partial charge on any atom is -0.456 e. The Kier molecular flexibility index (Phi) is 8.00. The van der Waals surface area contributed by atoms with Gasteiger partial charge in [0.15, 0.2) is 12.4 Å². The summed E-state index contributed by atoms with van der Waals surface area (Å²) in [5, 5.41) is 34.6.